The standard InChI is InChI=1S/C19H18O3S/c20-16-8-4-5-9-17(16)22-19(21)13-11-15-10-12-18(23-15)14-6-2-1-3-7-14/h1-3,6-7,10-13,17H,4-5,8-9H2/b13-11+/t17-/m0/s1. The molecule has 1 aliphatic carbocycles. The molecule has 3 rings (SSSR count). The maximum atomic E-state index is 11.9. The van der Waals surface area contributed by atoms with Crippen molar-refractivity contribution in [1.29, 1.82) is 0 Å². The highest BCUT2D eigenvalue weighted by atomic mass is 32.1. The molecule has 1 fully saturated rings. The topological polar surface area (TPSA) is 43.4 Å². The number of ether oxygens (including phenoxy) is 1. The van der Waals surface area contributed by atoms with Gasteiger partial charge in [-0.3, -0.25) is 4.79 Å². The summed E-state index contributed by atoms with van der Waals surface area (Å²) in [5.41, 5.74) is 1.16. The number of esters is 1. The van der Waals surface area contributed by atoms with Gasteiger partial charge >= 0.3 is 5.97 Å². The maximum absolute atomic E-state index is 11.9. The first-order valence-electron chi connectivity index (χ1n) is 7.79. The van der Waals surface area contributed by atoms with Gasteiger partial charge in [0.25, 0.3) is 0 Å². The zero-order valence-corrected chi connectivity index (χ0v) is 13.6. The average Bonchev–Trinajstić information content (AvgIpc) is 3.05. The van der Waals surface area contributed by atoms with Crippen molar-refractivity contribution < 1.29 is 14.3 Å². The van der Waals surface area contributed by atoms with Gasteiger partial charge in [-0.2, -0.15) is 0 Å². The van der Waals surface area contributed by atoms with Crippen molar-refractivity contribution in [3.8, 4) is 10.4 Å². The van der Waals surface area contributed by atoms with Gasteiger partial charge < -0.3 is 4.74 Å². The lowest BCUT2D eigenvalue weighted by molar-refractivity contribution is -0.152. The molecule has 0 amide bonds. The van der Waals surface area contributed by atoms with Crippen LogP contribution in [-0.2, 0) is 14.3 Å². The van der Waals surface area contributed by atoms with Crippen molar-refractivity contribution in [3.05, 3.63) is 53.4 Å². The Labute approximate surface area is 139 Å². The molecule has 1 aromatic carbocycles. The van der Waals surface area contributed by atoms with Gasteiger partial charge in [-0.25, -0.2) is 4.79 Å². The summed E-state index contributed by atoms with van der Waals surface area (Å²) in [6.07, 6.45) is 5.61. The number of rotatable bonds is 4. The molecule has 1 heterocycles. The van der Waals surface area contributed by atoms with Gasteiger partial charge in [-0.05, 0) is 43.0 Å². The number of thiophene rings is 1. The molecule has 2 aromatic rings. The maximum Gasteiger partial charge on any atom is 0.331 e. The lowest BCUT2D eigenvalue weighted by atomic mass is 9.96. The van der Waals surface area contributed by atoms with Crippen LogP contribution in [0.1, 0.15) is 30.6 Å². The van der Waals surface area contributed by atoms with E-state index in [1.54, 1.807) is 17.4 Å². The number of benzene rings is 1. The van der Waals surface area contributed by atoms with Gasteiger partial charge in [0.1, 0.15) is 0 Å². The third kappa shape index (κ3) is 4.17. The monoisotopic (exact) mass is 326 g/mol. The molecular weight excluding hydrogens is 308 g/mol. The van der Waals surface area contributed by atoms with Crippen LogP contribution in [0.4, 0.5) is 0 Å². The van der Waals surface area contributed by atoms with Crippen LogP contribution in [0, 0.1) is 0 Å². The lowest BCUT2D eigenvalue weighted by Gasteiger charge is -2.19. The normalized spacial score (nSPS) is 18.3. The third-order valence-corrected chi connectivity index (χ3v) is 4.93. The zero-order chi connectivity index (χ0) is 16.1. The molecule has 0 aliphatic heterocycles. The first-order chi connectivity index (χ1) is 11.2. The molecule has 0 radical (unpaired) electrons. The number of Topliss-reactive ketones (excluding diaryl/α,β-unsaturated/α-hetero) is 1. The van der Waals surface area contributed by atoms with Crippen molar-refractivity contribution in [2.45, 2.75) is 31.8 Å². The second-order valence-corrected chi connectivity index (χ2v) is 6.65. The number of hydrogen-bond donors (Lipinski definition) is 0. The van der Waals surface area contributed by atoms with Gasteiger partial charge in [0, 0.05) is 22.3 Å². The van der Waals surface area contributed by atoms with Crippen molar-refractivity contribution in [3.63, 3.8) is 0 Å². The molecule has 1 aromatic heterocycles. The first kappa shape index (κ1) is 15.7. The Morgan fingerprint density at radius 1 is 1.13 bits per heavy atom. The summed E-state index contributed by atoms with van der Waals surface area (Å²) in [5, 5.41) is 0. The Morgan fingerprint density at radius 3 is 2.74 bits per heavy atom. The van der Waals surface area contributed by atoms with Gasteiger partial charge in [0.15, 0.2) is 11.9 Å². The number of ketones is 1. The van der Waals surface area contributed by atoms with E-state index in [-0.39, 0.29) is 5.78 Å². The first-order valence-corrected chi connectivity index (χ1v) is 8.61. The van der Waals surface area contributed by atoms with Gasteiger partial charge in [0.05, 0.1) is 0 Å². The van der Waals surface area contributed by atoms with Crippen LogP contribution in [0.2, 0.25) is 0 Å². The molecule has 1 saturated carbocycles. The van der Waals surface area contributed by atoms with Gasteiger partial charge in [-0.1, -0.05) is 30.3 Å². The van der Waals surface area contributed by atoms with Crippen LogP contribution in [0.15, 0.2) is 48.5 Å². The molecular formula is C19H18O3S. The third-order valence-electron chi connectivity index (χ3n) is 3.83. The highest BCUT2D eigenvalue weighted by Crippen LogP contribution is 2.28. The Bertz CT molecular complexity index is 715. The van der Waals surface area contributed by atoms with E-state index in [2.05, 4.69) is 12.1 Å². The van der Waals surface area contributed by atoms with Gasteiger partial charge in [0.2, 0.25) is 0 Å². The zero-order valence-electron chi connectivity index (χ0n) is 12.7. The molecule has 0 bridgehead atoms. The fourth-order valence-electron chi connectivity index (χ4n) is 2.61. The van der Waals surface area contributed by atoms with E-state index >= 15 is 0 Å². The predicted molar refractivity (Wildman–Crippen MR) is 92.1 cm³/mol. The van der Waals surface area contributed by atoms with E-state index in [1.165, 1.54) is 6.08 Å². The summed E-state index contributed by atoms with van der Waals surface area (Å²) in [6.45, 7) is 0. The van der Waals surface area contributed by atoms with E-state index in [0.717, 1.165) is 28.2 Å². The Kier molecular flexibility index (Phi) is 5.03. The second-order valence-electron chi connectivity index (χ2n) is 5.54. The van der Waals surface area contributed by atoms with E-state index in [4.69, 9.17) is 4.74 Å². The second kappa shape index (κ2) is 7.38. The number of carbonyl (C=O) groups is 2. The minimum atomic E-state index is -0.552. The molecule has 1 aliphatic rings. The molecule has 3 nitrogen and oxygen atoms in total. The van der Waals surface area contributed by atoms with E-state index in [1.807, 2.05) is 30.3 Å². The minimum absolute atomic E-state index is 0.0421. The van der Waals surface area contributed by atoms with Crippen LogP contribution in [0.25, 0.3) is 16.5 Å². The average molecular weight is 326 g/mol. The van der Waals surface area contributed by atoms with Crippen molar-refractivity contribution in [2.75, 3.05) is 0 Å². The Hall–Kier alpha value is -2.20. The summed E-state index contributed by atoms with van der Waals surface area (Å²) < 4.78 is 5.25. The van der Waals surface area contributed by atoms with Crippen molar-refractivity contribution >= 4 is 29.2 Å². The molecule has 118 valence electrons. The smallest absolute Gasteiger partial charge is 0.331 e. The van der Waals surface area contributed by atoms with Crippen LogP contribution in [0.3, 0.4) is 0 Å². The molecule has 0 spiro atoms. The highest BCUT2D eigenvalue weighted by Gasteiger charge is 2.24. The Morgan fingerprint density at radius 2 is 1.96 bits per heavy atom. The molecule has 4 heteroatoms. The van der Waals surface area contributed by atoms with Crippen LogP contribution < -0.4 is 0 Å². The highest BCUT2D eigenvalue weighted by molar-refractivity contribution is 7.16. The minimum Gasteiger partial charge on any atom is -0.451 e. The van der Waals surface area contributed by atoms with E-state index in [0.29, 0.717) is 12.8 Å². The van der Waals surface area contributed by atoms with Crippen LogP contribution in [-0.4, -0.2) is 17.9 Å². The quantitative estimate of drug-likeness (QED) is 0.614. The number of carbonyl (C=O) groups excluding carboxylic acids is 2. The largest absolute Gasteiger partial charge is 0.451 e. The van der Waals surface area contributed by atoms with Crippen molar-refractivity contribution in [1.82, 2.24) is 0 Å². The van der Waals surface area contributed by atoms with E-state index < -0.39 is 12.1 Å². The molecule has 23 heavy (non-hydrogen) atoms. The number of hydrogen-bond acceptors (Lipinski definition) is 4. The molecule has 0 N–H and O–H groups in total. The van der Waals surface area contributed by atoms with Crippen LogP contribution >= 0.6 is 11.3 Å². The lowest BCUT2D eigenvalue weighted by Crippen LogP contribution is -2.29. The summed E-state index contributed by atoms with van der Waals surface area (Å²) in [7, 11) is 0. The van der Waals surface area contributed by atoms with Crippen LogP contribution in [0.5, 0.6) is 0 Å². The summed E-state index contributed by atoms with van der Waals surface area (Å²) in [6, 6.07) is 14.1. The molecule has 0 unspecified atom stereocenters. The summed E-state index contributed by atoms with van der Waals surface area (Å²) in [4.78, 5) is 25.7. The van der Waals surface area contributed by atoms with E-state index in [9.17, 15) is 9.59 Å². The van der Waals surface area contributed by atoms with Crippen molar-refractivity contribution in [2.24, 2.45) is 0 Å². The molecule has 0 saturated heterocycles. The summed E-state index contributed by atoms with van der Waals surface area (Å²) in [5.74, 6) is -0.402. The fraction of sp³-hybridized carbons (Fsp3) is 0.263. The summed E-state index contributed by atoms with van der Waals surface area (Å²) >= 11 is 1.61. The predicted octanol–water partition coefficient (Wildman–Crippen LogP) is 4.48. The fourth-order valence-corrected chi connectivity index (χ4v) is 3.52. The van der Waals surface area contributed by atoms with Gasteiger partial charge in [-0.15, -0.1) is 11.3 Å². The SMILES string of the molecule is O=C(/C=C/c1ccc(-c2ccccc2)s1)O[C@H]1CCCCC1=O. The molecule has 1 atom stereocenters. The Balaban J connectivity index is 1.60.